The van der Waals surface area contributed by atoms with Gasteiger partial charge in [0.1, 0.15) is 12.6 Å². The van der Waals surface area contributed by atoms with Gasteiger partial charge in [0.05, 0.1) is 12.2 Å². The Morgan fingerprint density at radius 3 is 2.67 bits per heavy atom. The third-order valence-corrected chi connectivity index (χ3v) is 3.27. The van der Waals surface area contributed by atoms with Crippen LogP contribution in [0.2, 0.25) is 0 Å². The van der Waals surface area contributed by atoms with E-state index in [0.717, 1.165) is 5.56 Å². The van der Waals surface area contributed by atoms with Crippen molar-refractivity contribution >= 4 is 5.97 Å². The van der Waals surface area contributed by atoms with Crippen molar-refractivity contribution in [3.8, 4) is 0 Å². The van der Waals surface area contributed by atoms with E-state index in [2.05, 4.69) is 0 Å². The molecule has 0 saturated carbocycles. The average molecular weight is 295 g/mol. The summed E-state index contributed by atoms with van der Waals surface area (Å²) >= 11 is 0. The number of ether oxygens (including phenoxy) is 2. The van der Waals surface area contributed by atoms with E-state index in [9.17, 15) is 9.90 Å². The molecule has 0 aliphatic rings. The zero-order valence-electron chi connectivity index (χ0n) is 12.7. The summed E-state index contributed by atoms with van der Waals surface area (Å²) in [5, 5.41) is 9.76. The lowest BCUT2D eigenvalue weighted by atomic mass is 10.1. The number of carbonyl (C=O) groups excluding carboxylic acids is 1. The molecular weight excluding hydrogens is 270 g/mol. The van der Waals surface area contributed by atoms with E-state index < -0.39 is 17.6 Å². The van der Waals surface area contributed by atoms with Gasteiger partial charge in [-0.25, -0.2) is 0 Å². The molecule has 2 atom stereocenters. The average Bonchev–Trinajstić information content (AvgIpc) is 2.50. The summed E-state index contributed by atoms with van der Waals surface area (Å²) in [6, 6.07) is 8.73. The van der Waals surface area contributed by atoms with Gasteiger partial charge in [-0.2, -0.15) is 0 Å². The predicted molar refractivity (Wildman–Crippen MR) is 80.6 cm³/mol. The first kappa shape index (κ1) is 17.6. The zero-order valence-corrected chi connectivity index (χ0v) is 12.7. The Morgan fingerprint density at radius 1 is 1.38 bits per heavy atom. The minimum Gasteiger partial charge on any atom is -0.460 e. The molecule has 0 aromatic heterocycles. The fraction of sp³-hybridized carbons (Fsp3) is 0.562. The van der Waals surface area contributed by atoms with Crippen LogP contribution >= 0.6 is 0 Å². The molecule has 0 aliphatic heterocycles. The fourth-order valence-electron chi connectivity index (χ4n) is 1.56. The van der Waals surface area contributed by atoms with Gasteiger partial charge in [0.15, 0.2) is 0 Å². The molecule has 1 aromatic rings. The molecule has 5 heteroatoms. The molecule has 3 N–H and O–H groups in total. The SMILES string of the molecule is CCC(C)(O)COCCC(N)C(=O)OCc1ccccc1. The highest BCUT2D eigenvalue weighted by Gasteiger charge is 2.19. The topological polar surface area (TPSA) is 81.8 Å². The van der Waals surface area contributed by atoms with Gasteiger partial charge in [-0.15, -0.1) is 0 Å². The van der Waals surface area contributed by atoms with E-state index in [1.54, 1.807) is 6.92 Å². The first-order valence-electron chi connectivity index (χ1n) is 7.21. The van der Waals surface area contributed by atoms with Gasteiger partial charge in [0.2, 0.25) is 0 Å². The molecule has 5 nitrogen and oxygen atoms in total. The minimum absolute atomic E-state index is 0.221. The molecule has 118 valence electrons. The number of nitrogens with two attached hydrogens (primary N) is 1. The van der Waals surface area contributed by atoms with Gasteiger partial charge in [0.25, 0.3) is 0 Å². The second-order valence-corrected chi connectivity index (χ2v) is 5.39. The molecule has 0 bridgehead atoms. The molecule has 0 radical (unpaired) electrons. The number of carbonyl (C=O) groups is 1. The first-order chi connectivity index (χ1) is 9.94. The summed E-state index contributed by atoms with van der Waals surface area (Å²) in [7, 11) is 0. The molecule has 0 fully saturated rings. The first-order valence-corrected chi connectivity index (χ1v) is 7.21. The van der Waals surface area contributed by atoms with Crippen molar-refractivity contribution in [2.75, 3.05) is 13.2 Å². The van der Waals surface area contributed by atoms with E-state index in [0.29, 0.717) is 19.4 Å². The Bertz CT molecular complexity index is 420. The van der Waals surface area contributed by atoms with Crippen LogP contribution in [0.25, 0.3) is 0 Å². The maximum atomic E-state index is 11.7. The van der Waals surface area contributed by atoms with E-state index in [1.165, 1.54) is 0 Å². The normalized spacial score (nSPS) is 15.2. The Hall–Kier alpha value is -1.43. The summed E-state index contributed by atoms with van der Waals surface area (Å²) in [4.78, 5) is 11.7. The maximum absolute atomic E-state index is 11.7. The Labute approximate surface area is 126 Å². The lowest BCUT2D eigenvalue weighted by molar-refractivity contribution is -0.147. The van der Waals surface area contributed by atoms with Gasteiger partial charge < -0.3 is 20.3 Å². The van der Waals surface area contributed by atoms with Crippen LogP contribution in [0.3, 0.4) is 0 Å². The lowest BCUT2D eigenvalue weighted by Crippen LogP contribution is -2.35. The van der Waals surface area contributed by atoms with Crippen LogP contribution in [-0.2, 0) is 20.9 Å². The van der Waals surface area contributed by atoms with Crippen LogP contribution < -0.4 is 5.73 Å². The Balaban J connectivity index is 2.19. The van der Waals surface area contributed by atoms with Crippen molar-refractivity contribution in [1.29, 1.82) is 0 Å². The van der Waals surface area contributed by atoms with Gasteiger partial charge in [0, 0.05) is 6.61 Å². The van der Waals surface area contributed by atoms with Crippen molar-refractivity contribution in [2.24, 2.45) is 5.73 Å². The minimum atomic E-state index is -0.835. The predicted octanol–water partition coefficient (Wildman–Crippen LogP) is 1.62. The van der Waals surface area contributed by atoms with Crippen molar-refractivity contribution in [2.45, 2.75) is 44.9 Å². The maximum Gasteiger partial charge on any atom is 0.323 e. The molecule has 2 unspecified atom stereocenters. The molecule has 0 heterocycles. The number of benzene rings is 1. The third-order valence-electron chi connectivity index (χ3n) is 3.27. The second kappa shape index (κ2) is 8.77. The van der Waals surface area contributed by atoms with Crippen LogP contribution in [0.1, 0.15) is 32.3 Å². The highest BCUT2D eigenvalue weighted by Crippen LogP contribution is 2.09. The lowest BCUT2D eigenvalue weighted by Gasteiger charge is -2.21. The van der Waals surface area contributed by atoms with E-state index >= 15 is 0 Å². The molecule has 0 aliphatic carbocycles. The number of hydrogen-bond acceptors (Lipinski definition) is 5. The van der Waals surface area contributed by atoms with Crippen LogP contribution in [-0.4, -0.2) is 35.9 Å². The smallest absolute Gasteiger partial charge is 0.323 e. The monoisotopic (exact) mass is 295 g/mol. The quantitative estimate of drug-likeness (QED) is 0.534. The van der Waals surface area contributed by atoms with E-state index in [-0.39, 0.29) is 13.2 Å². The molecular formula is C16H25NO4. The summed E-state index contributed by atoms with van der Waals surface area (Å²) in [5.41, 5.74) is 5.84. The Morgan fingerprint density at radius 2 is 2.05 bits per heavy atom. The van der Waals surface area contributed by atoms with Crippen molar-refractivity contribution < 1.29 is 19.4 Å². The highest BCUT2D eigenvalue weighted by molar-refractivity contribution is 5.75. The second-order valence-electron chi connectivity index (χ2n) is 5.39. The highest BCUT2D eigenvalue weighted by atomic mass is 16.5. The van der Waals surface area contributed by atoms with Crippen LogP contribution in [0.4, 0.5) is 0 Å². The number of esters is 1. The number of hydrogen-bond donors (Lipinski definition) is 2. The zero-order chi connectivity index (χ0) is 15.7. The summed E-state index contributed by atoms with van der Waals surface area (Å²) in [6.45, 7) is 4.36. The largest absolute Gasteiger partial charge is 0.460 e. The number of rotatable bonds is 9. The van der Waals surface area contributed by atoms with E-state index in [4.69, 9.17) is 15.2 Å². The van der Waals surface area contributed by atoms with Gasteiger partial charge in [-0.05, 0) is 25.3 Å². The fourth-order valence-corrected chi connectivity index (χ4v) is 1.56. The molecule has 1 rings (SSSR count). The van der Waals surface area contributed by atoms with Crippen LogP contribution in [0.15, 0.2) is 30.3 Å². The van der Waals surface area contributed by atoms with Crippen LogP contribution in [0.5, 0.6) is 0 Å². The van der Waals surface area contributed by atoms with Crippen molar-refractivity contribution in [1.82, 2.24) is 0 Å². The third kappa shape index (κ3) is 7.22. The van der Waals surface area contributed by atoms with E-state index in [1.807, 2.05) is 37.3 Å². The molecule has 0 saturated heterocycles. The standard InChI is InChI=1S/C16H25NO4/c1-3-16(2,19)12-20-10-9-14(17)15(18)21-11-13-7-5-4-6-8-13/h4-8,14,19H,3,9-12,17H2,1-2H3. The van der Waals surface area contributed by atoms with Crippen LogP contribution in [0, 0.1) is 0 Å². The van der Waals surface area contributed by atoms with Crippen molar-refractivity contribution in [3.63, 3.8) is 0 Å². The van der Waals surface area contributed by atoms with Gasteiger partial charge >= 0.3 is 5.97 Å². The van der Waals surface area contributed by atoms with Crippen molar-refractivity contribution in [3.05, 3.63) is 35.9 Å². The molecule has 1 aromatic carbocycles. The van der Waals surface area contributed by atoms with Gasteiger partial charge in [-0.3, -0.25) is 4.79 Å². The van der Waals surface area contributed by atoms with Gasteiger partial charge in [-0.1, -0.05) is 37.3 Å². The molecule has 0 spiro atoms. The summed E-state index contributed by atoms with van der Waals surface area (Å²) in [6.07, 6.45) is 0.978. The Kier molecular flexibility index (Phi) is 7.36. The summed E-state index contributed by atoms with van der Waals surface area (Å²) in [5.74, 6) is -0.440. The molecule has 21 heavy (non-hydrogen) atoms. The summed E-state index contributed by atoms with van der Waals surface area (Å²) < 4.78 is 10.5. The number of aliphatic hydroxyl groups is 1. The molecule has 0 amide bonds.